The summed E-state index contributed by atoms with van der Waals surface area (Å²) < 4.78 is 6.39. The lowest BCUT2D eigenvalue weighted by Gasteiger charge is -2.12. The summed E-state index contributed by atoms with van der Waals surface area (Å²) in [4.78, 5) is 11.9. The largest absolute Gasteiger partial charge is 0.376 e. The predicted octanol–water partition coefficient (Wildman–Crippen LogP) is 3.79. The Bertz CT molecular complexity index is 447. The monoisotopic (exact) mass is 345 g/mol. The van der Waals surface area contributed by atoms with Crippen LogP contribution in [0, 0.1) is 0 Å². The average molecular weight is 347 g/mol. The van der Waals surface area contributed by atoms with Gasteiger partial charge in [0.1, 0.15) is 0 Å². The van der Waals surface area contributed by atoms with Crippen molar-refractivity contribution in [3.63, 3.8) is 0 Å². The van der Waals surface area contributed by atoms with Gasteiger partial charge in [-0.2, -0.15) is 0 Å². The van der Waals surface area contributed by atoms with Gasteiger partial charge in [-0.3, -0.25) is 4.79 Å². The summed E-state index contributed by atoms with van der Waals surface area (Å²) in [6.07, 6.45) is 5.20. The van der Waals surface area contributed by atoms with Gasteiger partial charge < -0.3 is 10.1 Å². The number of hydrogen-bond donors (Lipinski definition) is 1. The van der Waals surface area contributed by atoms with E-state index in [1.54, 1.807) is 18.2 Å². The van der Waals surface area contributed by atoms with Gasteiger partial charge in [-0.1, -0.05) is 24.4 Å². The van der Waals surface area contributed by atoms with Gasteiger partial charge in [0.05, 0.1) is 18.3 Å². The molecule has 3 nitrogen and oxygen atoms in total. The minimum absolute atomic E-state index is 0.112. The third-order valence-electron chi connectivity index (χ3n) is 3.22. The number of ether oxygens (including phenoxy) is 1. The van der Waals surface area contributed by atoms with Crippen LogP contribution in [-0.4, -0.2) is 25.2 Å². The highest BCUT2D eigenvalue weighted by Gasteiger charge is 2.15. The Morgan fingerprint density at radius 1 is 1.42 bits per heavy atom. The second-order valence-electron chi connectivity index (χ2n) is 4.66. The molecule has 1 aromatic carbocycles. The molecule has 19 heavy (non-hydrogen) atoms. The van der Waals surface area contributed by atoms with Crippen molar-refractivity contribution in [1.29, 1.82) is 0 Å². The Balaban J connectivity index is 1.74. The highest BCUT2D eigenvalue weighted by Crippen LogP contribution is 2.22. The fourth-order valence-corrected chi connectivity index (χ4v) is 3.08. The van der Waals surface area contributed by atoms with Crippen molar-refractivity contribution in [3.05, 3.63) is 33.3 Å². The van der Waals surface area contributed by atoms with Crippen LogP contribution < -0.4 is 5.32 Å². The first kappa shape index (κ1) is 14.8. The van der Waals surface area contributed by atoms with Crippen molar-refractivity contribution < 1.29 is 9.53 Å². The molecule has 0 spiro atoms. The number of carbonyl (C=O) groups is 1. The maximum atomic E-state index is 11.9. The van der Waals surface area contributed by atoms with E-state index in [2.05, 4.69) is 21.2 Å². The van der Waals surface area contributed by atoms with Gasteiger partial charge in [-0.25, -0.2) is 0 Å². The Morgan fingerprint density at radius 2 is 2.16 bits per heavy atom. The molecule has 0 aliphatic heterocycles. The van der Waals surface area contributed by atoms with Crippen molar-refractivity contribution in [3.8, 4) is 0 Å². The molecule has 0 heterocycles. The first-order chi connectivity index (χ1) is 9.16. The molecule has 1 fully saturated rings. The normalized spacial score (nSPS) is 15.7. The third-order valence-corrected chi connectivity index (χ3v) is 4.11. The molecule has 0 unspecified atom stereocenters. The molecule has 104 valence electrons. The molecular weight excluding hydrogens is 330 g/mol. The summed E-state index contributed by atoms with van der Waals surface area (Å²) in [5.41, 5.74) is 0.588. The maximum absolute atomic E-state index is 11.9. The molecule has 1 aliphatic rings. The Kier molecular flexibility index (Phi) is 5.67. The van der Waals surface area contributed by atoms with Gasteiger partial charge in [-0.15, -0.1) is 0 Å². The van der Waals surface area contributed by atoms with Gasteiger partial charge in [0.2, 0.25) is 0 Å². The Hall–Kier alpha value is -0.580. The van der Waals surface area contributed by atoms with Gasteiger partial charge in [0.15, 0.2) is 0 Å². The van der Waals surface area contributed by atoms with Crippen LogP contribution in [0.15, 0.2) is 22.7 Å². The van der Waals surface area contributed by atoms with Crippen molar-refractivity contribution in [2.45, 2.75) is 31.8 Å². The molecule has 2 rings (SSSR count). The summed E-state index contributed by atoms with van der Waals surface area (Å²) >= 11 is 9.17. The lowest BCUT2D eigenvalue weighted by atomic mass is 10.2. The SMILES string of the molecule is O=C(NCCOC1CCCC1)c1ccc(Cl)cc1Br. The molecule has 1 N–H and O–H groups in total. The van der Waals surface area contributed by atoms with Gasteiger partial charge >= 0.3 is 0 Å². The standard InChI is InChI=1S/C14H17BrClNO2/c15-13-9-10(16)5-6-12(13)14(18)17-7-8-19-11-3-1-2-4-11/h5-6,9,11H,1-4,7-8H2,(H,17,18). The zero-order valence-corrected chi connectivity index (χ0v) is 13.0. The third kappa shape index (κ3) is 4.48. The van der Waals surface area contributed by atoms with Crippen molar-refractivity contribution in [2.24, 2.45) is 0 Å². The Morgan fingerprint density at radius 3 is 2.84 bits per heavy atom. The summed E-state index contributed by atoms with van der Waals surface area (Å²) in [5, 5.41) is 3.45. The summed E-state index contributed by atoms with van der Waals surface area (Å²) in [7, 11) is 0. The van der Waals surface area contributed by atoms with E-state index in [4.69, 9.17) is 16.3 Å². The Labute approximate surface area is 126 Å². The average Bonchev–Trinajstić information content (AvgIpc) is 2.87. The fraction of sp³-hybridized carbons (Fsp3) is 0.500. The molecule has 1 aliphatic carbocycles. The van der Waals surface area contributed by atoms with Gasteiger partial charge in [-0.05, 0) is 47.0 Å². The molecule has 5 heteroatoms. The van der Waals surface area contributed by atoms with Crippen LogP contribution in [0.5, 0.6) is 0 Å². The quantitative estimate of drug-likeness (QED) is 0.824. The number of benzene rings is 1. The van der Waals surface area contributed by atoms with E-state index in [0.717, 1.165) is 12.8 Å². The molecule has 0 saturated heterocycles. The number of rotatable bonds is 5. The van der Waals surface area contributed by atoms with E-state index < -0.39 is 0 Å². The zero-order chi connectivity index (χ0) is 13.7. The molecule has 0 radical (unpaired) electrons. The van der Waals surface area contributed by atoms with E-state index in [-0.39, 0.29) is 5.91 Å². The summed E-state index contributed by atoms with van der Waals surface area (Å²) in [6.45, 7) is 1.10. The molecule has 1 saturated carbocycles. The molecule has 0 aromatic heterocycles. The van der Waals surface area contributed by atoms with Gasteiger partial charge in [0, 0.05) is 16.0 Å². The number of nitrogens with one attached hydrogen (secondary N) is 1. The lowest BCUT2D eigenvalue weighted by molar-refractivity contribution is 0.0581. The van der Waals surface area contributed by atoms with Crippen LogP contribution in [0.25, 0.3) is 0 Å². The molecule has 0 bridgehead atoms. The van der Waals surface area contributed by atoms with E-state index in [0.29, 0.717) is 34.3 Å². The minimum atomic E-state index is -0.112. The smallest absolute Gasteiger partial charge is 0.252 e. The topological polar surface area (TPSA) is 38.3 Å². The highest BCUT2D eigenvalue weighted by molar-refractivity contribution is 9.10. The fourth-order valence-electron chi connectivity index (χ4n) is 2.21. The first-order valence-electron chi connectivity index (χ1n) is 6.51. The van der Waals surface area contributed by atoms with Gasteiger partial charge in [0.25, 0.3) is 5.91 Å². The predicted molar refractivity (Wildman–Crippen MR) is 79.7 cm³/mol. The van der Waals surface area contributed by atoms with Crippen LogP contribution >= 0.6 is 27.5 Å². The molecule has 1 amide bonds. The zero-order valence-electron chi connectivity index (χ0n) is 10.6. The summed E-state index contributed by atoms with van der Waals surface area (Å²) in [5.74, 6) is -0.112. The lowest BCUT2D eigenvalue weighted by Crippen LogP contribution is -2.28. The second kappa shape index (κ2) is 7.27. The minimum Gasteiger partial charge on any atom is -0.376 e. The summed E-state index contributed by atoms with van der Waals surface area (Å²) in [6, 6.07) is 5.13. The second-order valence-corrected chi connectivity index (χ2v) is 5.95. The highest BCUT2D eigenvalue weighted by atomic mass is 79.9. The molecule has 1 aromatic rings. The van der Waals surface area contributed by atoms with Crippen molar-refractivity contribution in [2.75, 3.05) is 13.2 Å². The van der Waals surface area contributed by atoms with E-state index in [9.17, 15) is 4.79 Å². The first-order valence-corrected chi connectivity index (χ1v) is 7.69. The van der Waals surface area contributed by atoms with E-state index in [1.807, 2.05) is 0 Å². The number of halogens is 2. The van der Waals surface area contributed by atoms with E-state index in [1.165, 1.54) is 12.8 Å². The van der Waals surface area contributed by atoms with Crippen molar-refractivity contribution in [1.82, 2.24) is 5.32 Å². The van der Waals surface area contributed by atoms with Crippen LogP contribution in [0.4, 0.5) is 0 Å². The van der Waals surface area contributed by atoms with Crippen LogP contribution in [0.1, 0.15) is 36.0 Å². The van der Waals surface area contributed by atoms with Crippen LogP contribution in [0.3, 0.4) is 0 Å². The molecular formula is C14H17BrClNO2. The van der Waals surface area contributed by atoms with Crippen LogP contribution in [0.2, 0.25) is 5.02 Å². The molecule has 0 atom stereocenters. The number of hydrogen-bond acceptors (Lipinski definition) is 2. The number of amides is 1. The maximum Gasteiger partial charge on any atom is 0.252 e. The van der Waals surface area contributed by atoms with E-state index >= 15 is 0 Å². The van der Waals surface area contributed by atoms with Crippen molar-refractivity contribution >= 4 is 33.4 Å². The van der Waals surface area contributed by atoms with Crippen LogP contribution in [-0.2, 0) is 4.74 Å². The number of carbonyl (C=O) groups excluding carboxylic acids is 1.